The van der Waals surface area contributed by atoms with Crippen LogP contribution in [0.25, 0.3) is 0 Å². The van der Waals surface area contributed by atoms with Gasteiger partial charge in [0, 0.05) is 30.6 Å². The molecule has 0 aliphatic rings. The van der Waals surface area contributed by atoms with E-state index >= 15 is 0 Å². The maximum absolute atomic E-state index is 12.0. The first-order valence-corrected chi connectivity index (χ1v) is 12.0. The summed E-state index contributed by atoms with van der Waals surface area (Å²) < 4.78 is 11.4. The summed E-state index contributed by atoms with van der Waals surface area (Å²) in [4.78, 5) is 16.3. The second-order valence-corrected chi connectivity index (χ2v) is 12.7. The van der Waals surface area contributed by atoms with Crippen LogP contribution >= 0.6 is 0 Å². The lowest BCUT2D eigenvalue weighted by atomic mass is 10.2. The maximum atomic E-state index is 12.0. The van der Waals surface area contributed by atoms with Gasteiger partial charge in [-0.25, -0.2) is 4.79 Å². The van der Waals surface area contributed by atoms with E-state index in [1.807, 2.05) is 36.8 Å². The van der Waals surface area contributed by atoms with E-state index in [1.54, 1.807) is 18.3 Å². The minimum absolute atomic E-state index is 0.167. The van der Waals surface area contributed by atoms with Crippen molar-refractivity contribution in [2.24, 2.45) is 0 Å². The van der Waals surface area contributed by atoms with Gasteiger partial charge in [-0.05, 0) is 35.8 Å². The van der Waals surface area contributed by atoms with Crippen molar-refractivity contribution in [3.05, 3.63) is 66.3 Å². The summed E-state index contributed by atoms with van der Waals surface area (Å²) in [6.07, 6.45) is 3.10. The molecular weight excluding hydrogens is 356 g/mol. The minimum atomic E-state index is -1.79. The fraction of sp³-hybridized carbons (Fsp3) is 0.381. The Kier molecular flexibility index (Phi) is 7.16. The van der Waals surface area contributed by atoms with Gasteiger partial charge in [0.25, 0.3) is 0 Å². The molecule has 6 heteroatoms. The molecule has 0 aliphatic heterocycles. The number of rotatable bonds is 7. The highest BCUT2D eigenvalue weighted by molar-refractivity contribution is 6.74. The topological polar surface area (TPSA) is 60.5 Å². The van der Waals surface area contributed by atoms with Crippen molar-refractivity contribution in [2.45, 2.75) is 45.5 Å². The molecular formula is C21H29N2O3Si. The Morgan fingerprint density at radius 1 is 1.19 bits per heavy atom. The second-order valence-electron chi connectivity index (χ2n) is 7.93. The molecule has 0 saturated heterocycles. The summed E-state index contributed by atoms with van der Waals surface area (Å²) in [6, 6.07) is 13.1. The normalized spacial score (nSPS) is 11.9. The van der Waals surface area contributed by atoms with Gasteiger partial charge in [0.1, 0.15) is 6.61 Å². The number of aromatic nitrogens is 1. The maximum Gasteiger partial charge on any atom is 0.411 e. The third-order valence-corrected chi connectivity index (χ3v) is 9.28. The van der Waals surface area contributed by atoms with Crippen molar-refractivity contribution >= 4 is 20.1 Å². The predicted molar refractivity (Wildman–Crippen MR) is 111 cm³/mol. The van der Waals surface area contributed by atoms with Gasteiger partial charge in [0.15, 0.2) is 8.32 Å². The number of pyridine rings is 1. The van der Waals surface area contributed by atoms with E-state index in [1.165, 1.54) is 0 Å². The molecule has 2 rings (SSSR count). The van der Waals surface area contributed by atoms with Crippen LogP contribution in [0.5, 0.6) is 0 Å². The van der Waals surface area contributed by atoms with Gasteiger partial charge in [-0.2, -0.15) is 0 Å². The lowest BCUT2D eigenvalue weighted by molar-refractivity contribution is 0.155. The first kappa shape index (κ1) is 21.1. The van der Waals surface area contributed by atoms with E-state index in [0.29, 0.717) is 12.3 Å². The van der Waals surface area contributed by atoms with Gasteiger partial charge >= 0.3 is 6.09 Å². The Morgan fingerprint density at radius 3 is 2.56 bits per heavy atom. The summed E-state index contributed by atoms with van der Waals surface area (Å²) in [5, 5.41) is 2.90. The van der Waals surface area contributed by atoms with Crippen molar-refractivity contribution in [1.82, 2.24) is 4.98 Å². The van der Waals surface area contributed by atoms with Crippen LogP contribution in [0.15, 0.2) is 48.7 Å². The number of hydrogen-bond acceptors (Lipinski definition) is 4. The highest BCUT2D eigenvalue weighted by Crippen LogP contribution is 2.36. The Labute approximate surface area is 163 Å². The van der Waals surface area contributed by atoms with Crippen LogP contribution in [0, 0.1) is 6.42 Å². The monoisotopic (exact) mass is 385 g/mol. The SMILES string of the molecule is CC(C)(C)[Si](C)(C)OC[CH]c1cc(NC(=O)OCc2ccccc2)ccn1. The number of nitrogens with zero attached hydrogens (tertiary/aromatic N) is 1. The molecule has 5 nitrogen and oxygen atoms in total. The molecule has 1 aromatic carbocycles. The van der Waals surface area contributed by atoms with Crippen molar-refractivity contribution in [3.63, 3.8) is 0 Å². The number of benzene rings is 1. The van der Waals surface area contributed by atoms with Crippen molar-refractivity contribution in [2.75, 3.05) is 11.9 Å². The molecule has 0 fully saturated rings. The third-order valence-electron chi connectivity index (χ3n) is 4.78. The average Bonchev–Trinajstić information content (AvgIpc) is 2.60. The lowest BCUT2D eigenvalue weighted by Crippen LogP contribution is -2.41. The molecule has 1 radical (unpaired) electrons. The summed E-state index contributed by atoms with van der Waals surface area (Å²) in [6.45, 7) is 11.8. The van der Waals surface area contributed by atoms with E-state index in [0.717, 1.165) is 11.3 Å². The van der Waals surface area contributed by atoms with Gasteiger partial charge in [-0.1, -0.05) is 51.1 Å². The zero-order chi connectivity index (χ0) is 19.9. The molecule has 145 valence electrons. The van der Waals surface area contributed by atoms with E-state index in [9.17, 15) is 4.79 Å². The standard InChI is InChI=1S/C21H29N2O3Si/c1-21(2,3)27(4,5)26-14-12-18-15-19(11-13-22-18)23-20(24)25-16-17-9-7-6-8-10-17/h6-13,15H,14,16H2,1-5H3,(H,22,23,24). The summed E-state index contributed by atoms with van der Waals surface area (Å²) in [5.74, 6) is 0. The Hall–Kier alpha value is -2.18. The number of carbonyl (C=O) groups is 1. The quantitative estimate of drug-likeness (QED) is 0.648. The van der Waals surface area contributed by atoms with Crippen molar-refractivity contribution in [3.8, 4) is 0 Å². The molecule has 0 unspecified atom stereocenters. The van der Waals surface area contributed by atoms with Crippen LogP contribution in [0.4, 0.5) is 10.5 Å². The number of nitrogens with one attached hydrogen (secondary N) is 1. The highest BCUT2D eigenvalue weighted by Gasteiger charge is 2.36. The van der Waals surface area contributed by atoms with E-state index in [-0.39, 0.29) is 11.6 Å². The fourth-order valence-corrected chi connectivity index (χ4v) is 3.00. The molecule has 0 bridgehead atoms. The molecule has 1 N–H and O–H groups in total. The van der Waals surface area contributed by atoms with E-state index < -0.39 is 14.4 Å². The molecule has 0 atom stereocenters. The van der Waals surface area contributed by atoms with E-state index in [4.69, 9.17) is 9.16 Å². The van der Waals surface area contributed by atoms with Gasteiger partial charge in [-0.15, -0.1) is 0 Å². The van der Waals surface area contributed by atoms with Crippen LogP contribution in [0.1, 0.15) is 32.0 Å². The Morgan fingerprint density at radius 2 is 1.89 bits per heavy atom. The number of ether oxygens (including phenoxy) is 1. The molecule has 0 spiro atoms. The Bertz CT molecular complexity index is 743. The van der Waals surface area contributed by atoms with Gasteiger partial charge < -0.3 is 9.16 Å². The van der Waals surface area contributed by atoms with Gasteiger partial charge in [0.05, 0.1) is 0 Å². The third kappa shape index (κ3) is 6.80. The lowest BCUT2D eigenvalue weighted by Gasteiger charge is -2.36. The molecule has 1 heterocycles. The smallest absolute Gasteiger partial charge is 0.411 e. The fourth-order valence-electron chi connectivity index (χ4n) is 2.07. The highest BCUT2D eigenvalue weighted by atomic mass is 28.4. The minimum Gasteiger partial charge on any atom is -0.444 e. The molecule has 1 amide bonds. The second kappa shape index (κ2) is 9.15. The number of hydrogen-bond donors (Lipinski definition) is 1. The van der Waals surface area contributed by atoms with Gasteiger partial charge in [-0.3, -0.25) is 10.3 Å². The summed E-state index contributed by atoms with van der Waals surface area (Å²) >= 11 is 0. The van der Waals surface area contributed by atoms with Crippen LogP contribution < -0.4 is 5.32 Å². The number of anilines is 1. The molecule has 27 heavy (non-hydrogen) atoms. The van der Waals surface area contributed by atoms with Crippen molar-refractivity contribution < 1.29 is 14.0 Å². The summed E-state index contributed by atoms with van der Waals surface area (Å²) in [5.41, 5.74) is 2.34. The van der Waals surface area contributed by atoms with Gasteiger partial charge in [0.2, 0.25) is 0 Å². The van der Waals surface area contributed by atoms with Crippen LogP contribution in [-0.4, -0.2) is 26.0 Å². The number of amides is 1. The molecule has 2 aromatic rings. The van der Waals surface area contributed by atoms with Crippen LogP contribution in [0.2, 0.25) is 18.1 Å². The Balaban J connectivity index is 1.83. The molecule has 0 saturated carbocycles. The average molecular weight is 386 g/mol. The van der Waals surface area contributed by atoms with Crippen molar-refractivity contribution in [1.29, 1.82) is 0 Å². The van der Waals surface area contributed by atoms with Crippen LogP contribution in [0.3, 0.4) is 0 Å². The zero-order valence-electron chi connectivity index (χ0n) is 16.8. The van der Waals surface area contributed by atoms with Crippen LogP contribution in [-0.2, 0) is 15.8 Å². The molecule has 0 aliphatic carbocycles. The first-order valence-electron chi connectivity index (χ1n) is 9.08. The predicted octanol–water partition coefficient (Wildman–Crippen LogP) is 5.40. The molecule has 1 aromatic heterocycles. The van der Waals surface area contributed by atoms with E-state index in [2.05, 4.69) is 44.2 Å². The first-order chi connectivity index (χ1) is 12.7. The zero-order valence-corrected chi connectivity index (χ0v) is 17.8. The largest absolute Gasteiger partial charge is 0.444 e. The summed E-state index contributed by atoms with van der Waals surface area (Å²) in [7, 11) is -1.79. The number of carbonyl (C=O) groups excluding carboxylic acids is 1.